The molecule has 0 fully saturated rings. The summed E-state index contributed by atoms with van der Waals surface area (Å²) in [6.45, 7) is 8.85. The monoisotopic (exact) mass is 356 g/mol. The number of nitrogens with two attached hydrogens (primary N) is 2. The molecule has 0 spiro atoms. The van der Waals surface area contributed by atoms with E-state index in [2.05, 4.69) is 27.7 Å². The lowest BCUT2D eigenvalue weighted by atomic mass is 9.96. The van der Waals surface area contributed by atoms with Gasteiger partial charge in [-0.2, -0.15) is 0 Å². The summed E-state index contributed by atoms with van der Waals surface area (Å²) >= 11 is 0. The summed E-state index contributed by atoms with van der Waals surface area (Å²) in [6, 6.07) is 0.421. The molecule has 1 amide bonds. The number of amides is 1. The zero-order valence-electron chi connectivity index (χ0n) is 17.8. The van der Waals surface area contributed by atoms with Crippen molar-refractivity contribution in [3.05, 3.63) is 0 Å². The maximum absolute atomic E-state index is 10.5. The Morgan fingerprint density at radius 1 is 0.760 bits per heavy atom. The molecule has 0 saturated heterocycles. The van der Waals surface area contributed by atoms with Crippen LogP contribution in [0.1, 0.15) is 124 Å². The van der Waals surface area contributed by atoms with Gasteiger partial charge in [-0.25, -0.2) is 0 Å². The van der Waals surface area contributed by atoms with Crippen molar-refractivity contribution in [1.29, 1.82) is 0 Å². The Morgan fingerprint density at radius 3 is 1.56 bits per heavy atom. The molecule has 3 heteroatoms. The molecule has 0 aromatic carbocycles. The molecule has 0 radical (unpaired) electrons. The van der Waals surface area contributed by atoms with Gasteiger partial charge >= 0.3 is 0 Å². The summed E-state index contributed by atoms with van der Waals surface area (Å²) in [5.41, 5.74) is 10.9. The summed E-state index contributed by atoms with van der Waals surface area (Å²) in [5.74, 6) is 0.552. The van der Waals surface area contributed by atoms with Gasteiger partial charge in [0.15, 0.2) is 0 Å². The molecular weight excluding hydrogens is 308 g/mol. The van der Waals surface area contributed by atoms with E-state index in [1.54, 1.807) is 0 Å². The minimum absolute atomic E-state index is 0.157. The summed E-state index contributed by atoms with van der Waals surface area (Å²) < 4.78 is 0. The predicted octanol–water partition coefficient (Wildman–Crippen LogP) is 6.33. The van der Waals surface area contributed by atoms with Crippen molar-refractivity contribution in [2.75, 3.05) is 0 Å². The van der Waals surface area contributed by atoms with Gasteiger partial charge in [-0.15, -0.1) is 0 Å². The summed E-state index contributed by atoms with van der Waals surface area (Å²) in [4.78, 5) is 10.5. The average Bonchev–Trinajstić information content (AvgIpc) is 2.59. The lowest BCUT2D eigenvalue weighted by molar-refractivity contribution is -0.118. The highest BCUT2D eigenvalue weighted by Gasteiger charge is 2.07. The van der Waals surface area contributed by atoms with Gasteiger partial charge in [-0.05, 0) is 25.2 Å². The molecule has 0 rings (SSSR count). The highest BCUT2D eigenvalue weighted by atomic mass is 16.1. The van der Waals surface area contributed by atoms with Crippen molar-refractivity contribution in [3.63, 3.8) is 0 Å². The maximum Gasteiger partial charge on any atom is 0.217 e. The molecule has 0 aromatic rings. The second-order valence-electron chi connectivity index (χ2n) is 7.59. The average molecular weight is 357 g/mol. The minimum atomic E-state index is -0.157. The quantitative estimate of drug-likeness (QED) is 0.317. The summed E-state index contributed by atoms with van der Waals surface area (Å²) in [6.07, 6.45) is 18.7. The van der Waals surface area contributed by atoms with E-state index in [0.717, 1.165) is 12.8 Å². The zero-order valence-corrected chi connectivity index (χ0v) is 17.8. The van der Waals surface area contributed by atoms with E-state index in [9.17, 15) is 4.79 Å². The molecule has 3 nitrogen and oxygen atoms in total. The first-order valence-electron chi connectivity index (χ1n) is 11.0. The van der Waals surface area contributed by atoms with E-state index in [-0.39, 0.29) is 5.91 Å². The van der Waals surface area contributed by atoms with Crippen molar-refractivity contribution in [2.24, 2.45) is 17.4 Å². The van der Waals surface area contributed by atoms with Crippen LogP contribution in [0.2, 0.25) is 0 Å². The fraction of sp³-hybridized carbons (Fsp3) is 0.955. The van der Waals surface area contributed by atoms with Crippen molar-refractivity contribution in [3.8, 4) is 0 Å². The maximum atomic E-state index is 10.5. The van der Waals surface area contributed by atoms with Crippen LogP contribution in [0.4, 0.5) is 0 Å². The molecule has 152 valence electrons. The van der Waals surface area contributed by atoms with Gasteiger partial charge in [-0.3, -0.25) is 4.79 Å². The van der Waals surface area contributed by atoms with Crippen LogP contribution in [0.5, 0.6) is 0 Å². The van der Waals surface area contributed by atoms with E-state index in [0.29, 0.717) is 18.4 Å². The predicted molar refractivity (Wildman–Crippen MR) is 113 cm³/mol. The molecule has 2 unspecified atom stereocenters. The second kappa shape index (κ2) is 21.5. The molecule has 0 saturated carbocycles. The zero-order chi connectivity index (χ0) is 19.3. The summed E-state index contributed by atoms with van der Waals surface area (Å²) in [5, 5.41) is 0. The molecule has 0 aliphatic heterocycles. The van der Waals surface area contributed by atoms with Gasteiger partial charge < -0.3 is 11.5 Å². The third kappa shape index (κ3) is 23.4. The standard InChI is InChI=1S/C14H29NO.C8H19N/c1-2-3-4-5-6-7-8-9-10-11-12-13-14(15)16;1-4-6-7(3)8(9)5-2/h2-13H2,1H3,(H2,15,16);7-8H,4-6,9H2,1-3H3. The van der Waals surface area contributed by atoms with Crippen molar-refractivity contribution < 1.29 is 4.79 Å². The Balaban J connectivity index is 0. The fourth-order valence-electron chi connectivity index (χ4n) is 3.04. The minimum Gasteiger partial charge on any atom is -0.370 e. The molecule has 0 aliphatic carbocycles. The van der Waals surface area contributed by atoms with Gasteiger partial charge in [0.1, 0.15) is 0 Å². The van der Waals surface area contributed by atoms with Gasteiger partial charge in [-0.1, -0.05) is 98.3 Å². The number of hydrogen-bond acceptors (Lipinski definition) is 2. The van der Waals surface area contributed by atoms with E-state index < -0.39 is 0 Å². The van der Waals surface area contributed by atoms with Crippen LogP contribution in [0.3, 0.4) is 0 Å². The first kappa shape index (κ1) is 26.7. The first-order chi connectivity index (χ1) is 12.0. The third-order valence-corrected chi connectivity index (χ3v) is 4.97. The van der Waals surface area contributed by atoms with E-state index in [4.69, 9.17) is 11.5 Å². The van der Waals surface area contributed by atoms with Crippen molar-refractivity contribution in [1.82, 2.24) is 0 Å². The molecule has 0 aromatic heterocycles. The van der Waals surface area contributed by atoms with Crippen LogP contribution in [-0.2, 0) is 4.79 Å². The molecule has 0 heterocycles. The number of carbonyl (C=O) groups excluding carboxylic acids is 1. The van der Waals surface area contributed by atoms with Crippen LogP contribution >= 0.6 is 0 Å². The molecule has 2 atom stereocenters. The Kier molecular flexibility index (Phi) is 22.9. The third-order valence-electron chi connectivity index (χ3n) is 4.97. The molecule has 0 aliphatic rings. The number of carbonyl (C=O) groups is 1. The smallest absolute Gasteiger partial charge is 0.217 e. The molecule has 25 heavy (non-hydrogen) atoms. The van der Waals surface area contributed by atoms with Crippen molar-refractivity contribution in [2.45, 2.75) is 130 Å². The highest BCUT2D eigenvalue weighted by Crippen LogP contribution is 2.12. The Bertz CT molecular complexity index is 269. The number of hydrogen-bond donors (Lipinski definition) is 2. The normalized spacial score (nSPS) is 13.0. The first-order valence-corrected chi connectivity index (χ1v) is 11.0. The number of primary amides is 1. The van der Waals surface area contributed by atoms with Crippen molar-refractivity contribution >= 4 is 5.91 Å². The van der Waals surface area contributed by atoms with E-state index in [1.165, 1.54) is 77.0 Å². The van der Waals surface area contributed by atoms with Gasteiger partial charge in [0.05, 0.1) is 0 Å². The van der Waals surface area contributed by atoms with Crippen LogP contribution in [0, 0.1) is 5.92 Å². The topological polar surface area (TPSA) is 69.1 Å². The van der Waals surface area contributed by atoms with Gasteiger partial charge in [0.2, 0.25) is 5.91 Å². The number of rotatable bonds is 16. The molecule has 0 bridgehead atoms. The van der Waals surface area contributed by atoms with Crippen LogP contribution in [0.25, 0.3) is 0 Å². The largest absolute Gasteiger partial charge is 0.370 e. The Morgan fingerprint density at radius 2 is 1.20 bits per heavy atom. The van der Waals surface area contributed by atoms with Crippen LogP contribution < -0.4 is 11.5 Å². The van der Waals surface area contributed by atoms with E-state index in [1.807, 2.05) is 0 Å². The van der Waals surface area contributed by atoms with Gasteiger partial charge in [0.25, 0.3) is 0 Å². The highest BCUT2D eigenvalue weighted by molar-refractivity contribution is 5.73. The SMILES string of the molecule is CCCC(C)C(N)CC.CCCCCCCCCCCCCC(N)=O. The van der Waals surface area contributed by atoms with Gasteiger partial charge in [0, 0.05) is 12.5 Å². The second-order valence-corrected chi connectivity index (χ2v) is 7.59. The fourth-order valence-corrected chi connectivity index (χ4v) is 3.04. The number of unbranched alkanes of at least 4 members (excludes halogenated alkanes) is 10. The molecular formula is C22H48N2O. The Labute approximate surface area is 158 Å². The van der Waals surface area contributed by atoms with Crippen LogP contribution in [0.15, 0.2) is 0 Å². The van der Waals surface area contributed by atoms with E-state index >= 15 is 0 Å². The summed E-state index contributed by atoms with van der Waals surface area (Å²) in [7, 11) is 0. The lowest BCUT2D eigenvalue weighted by Gasteiger charge is -2.16. The Hall–Kier alpha value is -0.570. The van der Waals surface area contributed by atoms with Crippen LogP contribution in [-0.4, -0.2) is 11.9 Å². The lowest BCUT2D eigenvalue weighted by Crippen LogP contribution is -2.26. The molecule has 4 N–H and O–H groups in total.